The Balaban J connectivity index is 1.95. The first-order chi connectivity index (χ1) is 7.66. The predicted molar refractivity (Wildman–Crippen MR) is 76.3 cm³/mol. The van der Waals surface area contributed by atoms with Gasteiger partial charge >= 0.3 is 0 Å². The van der Waals surface area contributed by atoms with Gasteiger partial charge in [-0.05, 0) is 58.8 Å². The number of rotatable bonds is 4. The van der Waals surface area contributed by atoms with E-state index in [1.807, 2.05) is 11.3 Å². The molecule has 0 saturated heterocycles. The van der Waals surface area contributed by atoms with E-state index in [1.165, 1.54) is 19.1 Å². The lowest BCUT2D eigenvalue weighted by molar-refractivity contribution is 0.666. The quantitative estimate of drug-likeness (QED) is 0.882. The van der Waals surface area contributed by atoms with E-state index < -0.39 is 0 Å². The Bertz CT molecular complexity index is 428. The summed E-state index contributed by atoms with van der Waals surface area (Å²) in [4.78, 5) is 2.70. The van der Waals surface area contributed by atoms with Crippen LogP contribution in [0.15, 0.2) is 27.4 Å². The Morgan fingerprint density at radius 2 is 2.31 bits per heavy atom. The van der Waals surface area contributed by atoms with Crippen LogP contribution in [0.4, 0.5) is 0 Å². The van der Waals surface area contributed by atoms with Crippen molar-refractivity contribution < 1.29 is 0 Å². The van der Waals surface area contributed by atoms with Crippen LogP contribution in [0.2, 0.25) is 0 Å². The largest absolute Gasteiger partial charge is 0.323 e. The predicted octanol–water partition coefficient (Wildman–Crippen LogP) is 4.51. The highest BCUT2D eigenvalue weighted by Gasteiger charge is 2.11. The van der Waals surface area contributed by atoms with Crippen LogP contribution < -0.4 is 5.73 Å². The zero-order valence-electron chi connectivity index (χ0n) is 9.07. The van der Waals surface area contributed by atoms with Gasteiger partial charge in [0, 0.05) is 15.8 Å². The second kappa shape index (κ2) is 5.45. The molecule has 4 heteroatoms. The minimum atomic E-state index is 0.164. The van der Waals surface area contributed by atoms with Crippen LogP contribution in [-0.4, -0.2) is 0 Å². The maximum Gasteiger partial charge on any atom is 0.0731 e. The summed E-state index contributed by atoms with van der Waals surface area (Å²) in [6, 6.07) is 6.62. The standard InChI is InChI=1S/C12H14BrNS2/c1-8-7-11(16-12(8)13)10(14)5-4-9-3-2-6-15-9/h2-3,6-7,10H,4-5,14H2,1H3. The van der Waals surface area contributed by atoms with E-state index in [9.17, 15) is 0 Å². The average Bonchev–Trinajstić information content (AvgIpc) is 2.86. The molecule has 0 radical (unpaired) electrons. The molecule has 1 nitrogen and oxygen atoms in total. The van der Waals surface area contributed by atoms with Gasteiger partial charge in [0.1, 0.15) is 0 Å². The minimum Gasteiger partial charge on any atom is -0.323 e. The first-order valence-corrected chi connectivity index (χ1v) is 7.69. The fourth-order valence-electron chi connectivity index (χ4n) is 1.56. The van der Waals surface area contributed by atoms with E-state index in [0.29, 0.717) is 0 Å². The Morgan fingerprint density at radius 3 is 2.88 bits per heavy atom. The normalized spacial score (nSPS) is 12.9. The average molecular weight is 316 g/mol. The smallest absolute Gasteiger partial charge is 0.0731 e. The molecule has 1 unspecified atom stereocenters. The molecule has 2 rings (SSSR count). The third-order valence-electron chi connectivity index (χ3n) is 2.52. The van der Waals surface area contributed by atoms with E-state index in [0.717, 1.165) is 12.8 Å². The Morgan fingerprint density at radius 1 is 1.50 bits per heavy atom. The van der Waals surface area contributed by atoms with Gasteiger partial charge in [0.05, 0.1) is 3.79 Å². The zero-order valence-corrected chi connectivity index (χ0v) is 12.3. The van der Waals surface area contributed by atoms with Crippen molar-refractivity contribution in [3.63, 3.8) is 0 Å². The van der Waals surface area contributed by atoms with Crippen molar-refractivity contribution in [2.45, 2.75) is 25.8 Å². The molecule has 0 saturated carbocycles. The summed E-state index contributed by atoms with van der Waals surface area (Å²) in [7, 11) is 0. The van der Waals surface area contributed by atoms with Gasteiger partial charge in [-0.2, -0.15) is 0 Å². The van der Waals surface area contributed by atoms with Crippen LogP contribution in [-0.2, 0) is 6.42 Å². The molecule has 0 bridgehead atoms. The summed E-state index contributed by atoms with van der Waals surface area (Å²) in [5, 5.41) is 2.12. The highest BCUT2D eigenvalue weighted by Crippen LogP contribution is 2.32. The summed E-state index contributed by atoms with van der Waals surface area (Å²) in [5.74, 6) is 0. The van der Waals surface area contributed by atoms with Gasteiger partial charge in [-0.25, -0.2) is 0 Å². The zero-order chi connectivity index (χ0) is 11.5. The monoisotopic (exact) mass is 315 g/mol. The SMILES string of the molecule is Cc1cc(C(N)CCc2cccs2)sc1Br. The van der Waals surface area contributed by atoms with Crippen LogP contribution in [0, 0.1) is 6.92 Å². The molecule has 2 heterocycles. The highest BCUT2D eigenvalue weighted by atomic mass is 79.9. The Hall–Kier alpha value is -0.160. The van der Waals surface area contributed by atoms with Gasteiger partial charge in [-0.1, -0.05) is 6.07 Å². The van der Waals surface area contributed by atoms with Crippen molar-refractivity contribution in [1.82, 2.24) is 0 Å². The maximum atomic E-state index is 6.19. The maximum absolute atomic E-state index is 6.19. The molecule has 1 atom stereocenters. The summed E-state index contributed by atoms with van der Waals surface area (Å²) in [6.07, 6.45) is 2.10. The van der Waals surface area contributed by atoms with E-state index in [2.05, 4.69) is 46.4 Å². The topological polar surface area (TPSA) is 26.0 Å². The van der Waals surface area contributed by atoms with E-state index in [4.69, 9.17) is 5.73 Å². The lowest BCUT2D eigenvalue weighted by atomic mass is 10.1. The fraction of sp³-hybridized carbons (Fsp3) is 0.333. The van der Waals surface area contributed by atoms with Crippen LogP contribution in [0.5, 0.6) is 0 Å². The van der Waals surface area contributed by atoms with Gasteiger partial charge in [-0.3, -0.25) is 0 Å². The minimum absolute atomic E-state index is 0.164. The van der Waals surface area contributed by atoms with Crippen molar-refractivity contribution >= 4 is 38.6 Å². The van der Waals surface area contributed by atoms with Gasteiger partial charge in [0.25, 0.3) is 0 Å². The molecule has 0 aliphatic carbocycles. The molecule has 0 aliphatic rings. The first kappa shape index (κ1) is 12.3. The highest BCUT2D eigenvalue weighted by molar-refractivity contribution is 9.11. The molecule has 0 fully saturated rings. The summed E-state index contributed by atoms with van der Waals surface area (Å²) in [6.45, 7) is 2.11. The number of hydrogen-bond acceptors (Lipinski definition) is 3. The van der Waals surface area contributed by atoms with Crippen LogP contribution in [0.3, 0.4) is 0 Å². The number of aryl methyl sites for hydroxylation is 2. The third-order valence-corrected chi connectivity index (χ3v) is 5.73. The van der Waals surface area contributed by atoms with Crippen molar-refractivity contribution in [2.75, 3.05) is 0 Å². The fourth-order valence-corrected chi connectivity index (χ4v) is 3.89. The van der Waals surface area contributed by atoms with Gasteiger partial charge in [-0.15, -0.1) is 22.7 Å². The van der Waals surface area contributed by atoms with Gasteiger partial charge in [0.15, 0.2) is 0 Å². The number of hydrogen-bond donors (Lipinski definition) is 1. The summed E-state index contributed by atoms with van der Waals surface area (Å²) < 4.78 is 1.20. The molecular formula is C12H14BrNS2. The Kier molecular flexibility index (Phi) is 4.19. The lowest BCUT2D eigenvalue weighted by Crippen LogP contribution is -2.09. The molecule has 0 aliphatic heterocycles. The number of nitrogens with two attached hydrogens (primary N) is 1. The van der Waals surface area contributed by atoms with E-state index in [-0.39, 0.29) is 6.04 Å². The van der Waals surface area contributed by atoms with Crippen molar-refractivity contribution in [1.29, 1.82) is 0 Å². The molecule has 0 amide bonds. The molecule has 16 heavy (non-hydrogen) atoms. The van der Waals surface area contributed by atoms with Gasteiger partial charge < -0.3 is 5.73 Å². The van der Waals surface area contributed by atoms with Crippen LogP contribution >= 0.6 is 38.6 Å². The molecule has 2 aromatic heterocycles. The lowest BCUT2D eigenvalue weighted by Gasteiger charge is -2.07. The van der Waals surface area contributed by atoms with E-state index in [1.54, 1.807) is 11.3 Å². The first-order valence-electron chi connectivity index (χ1n) is 5.20. The van der Waals surface area contributed by atoms with Crippen molar-refractivity contribution in [3.8, 4) is 0 Å². The molecule has 0 spiro atoms. The van der Waals surface area contributed by atoms with Crippen LogP contribution in [0.1, 0.15) is 27.8 Å². The second-order valence-electron chi connectivity index (χ2n) is 3.83. The molecule has 0 aromatic carbocycles. The second-order valence-corrected chi connectivity index (χ2v) is 7.26. The summed E-state index contributed by atoms with van der Waals surface area (Å²) in [5.41, 5.74) is 7.47. The van der Waals surface area contributed by atoms with Gasteiger partial charge in [0.2, 0.25) is 0 Å². The molecule has 2 N–H and O–H groups in total. The molecular weight excluding hydrogens is 302 g/mol. The molecule has 86 valence electrons. The Labute approximate surface area is 112 Å². The number of thiophene rings is 2. The van der Waals surface area contributed by atoms with Crippen LogP contribution in [0.25, 0.3) is 0 Å². The third kappa shape index (κ3) is 2.94. The van der Waals surface area contributed by atoms with E-state index >= 15 is 0 Å². The number of halogens is 1. The summed E-state index contributed by atoms with van der Waals surface area (Å²) >= 11 is 7.10. The van der Waals surface area contributed by atoms with Crippen molar-refractivity contribution in [2.24, 2.45) is 5.73 Å². The van der Waals surface area contributed by atoms with Crippen molar-refractivity contribution in [3.05, 3.63) is 42.7 Å². The molecule has 2 aromatic rings.